The topological polar surface area (TPSA) is 52.5 Å². The van der Waals surface area contributed by atoms with Crippen molar-refractivity contribution in [2.75, 3.05) is 0 Å². The first kappa shape index (κ1) is 10.5. The number of hydrogen-bond acceptors (Lipinski definition) is 3. The van der Waals surface area contributed by atoms with Gasteiger partial charge in [-0.2, -0.15) is 0 Å². The minimum Gasteiger partial charge on any atom is -0.506 e. The summed E-state index contributed by atoms with van der Waals surface area (Å²) in [6.07, 6.45) is 0. The van der Waals surface area contributed by atoms with Crippen LogP contribution in [0.4, 0.5) is 0 Å². The Bertz CT molecular complexity index is 300. The van der Waals surface area contributed by atoms with Crippen molar-refractivity contribution < 1.29 is 10.3 Å². The van der Waals surface area contributed by atoms with Gasteiger partial charge in [-0.1, -0.05) is 0 Å². The number of rotatable bonds is 2. The van der Waals surface area contributed by atoms with Crippen molar-refractivity contribution >= 4 is 15.9 Å². The molecule has 1 aromatic rings. The van der Waals surface area contributed by atoms with Crippen molar-refractivity contribution in [2.24, 2.45) is 0 Å². The first-order chi connectivity index (χ1) is 6.07. The van der Waals surface area contributed by atoms with E-state index in [-0.39, 0.29) is 12.3 Å². The van der Waals surface area contributed by atoms with E-state index in [4.69, 9.17) is 5.21 Å². The molecule has 3 N–H and O–H groups in total. The number of hydrogen-bond donors (Lipinski definition) is 3. The van der Waals surface area contributed by atoms with Crippen LogP contribution in [-0.2, 0) is 6.54 Å². The number of benzene rings is 1. The van der Waals surface area contributed by atoms with E-state index in [9.17, 15) is 5.11 Å². The van der Waals surface area contributed by atoms with E-state index in [0.717, 1.165) is 16.7 Å². The molecule has 72 valence electrons. The number of phenolic OH excluding ortho intramolecular Hbond substituents is 1. The van der Waals surface area contributed by atoms with Crippen LogP contribution >= 0.6 is 15.9 Å². The predicted octanol–water partition coefficient (Wildman–Crippen LogP) is 2.25. The van der Waals surface area contributed by atoms with Crippen LogP contribution in [0.2, 0.25) is 0 Å². The summed E-state index contributed by atoms with van der Waals surface area (Å²) in [6.45, 7) is 4.12. The summed E-state index contributed by atoms with van der Waals surface area (Å²) >= 11 is 3.24. The third kappa shape index (κ3) is 2.02. The number of aryl methyl sites for hydroxylation is 1. The first-order valence-corrected chi connectivity index (χ1v) is 4.71. The second-order valence-electron chi connectivity index (χ2n) is 2.96. The summed E-state index contributed by atoms with van der Waals surface area (Å²) in [5.41, 5.74) is 4.82. The number of hydroxylamine groups is 1. The highest BCUT2D eigenvalue weighted by atomic mass is 79.9. The summed E-state index contributed by atoms with van der Waals surface area (Å²) in [5.74, 6) is 0.185. The molecule has 0 aliphatic heterocycles. The summed E-state index contributed by atoms with van der Waals surface area (Å²) in [5, 5.41) is 18.2. The summed E-state index contributed by atoms with van der Waals surface area (Å²) in [4.78, 5) is 0. The van der Waals surface area contributed by atoms with Gasteiger partial charge in [0.15, 0.2) is 0 Å². The van der Waals surface area contributed by atoms with Gasteiger partial charge < -0.3 is 10.3 Å². The molecule has 1 aromatic carbocycles. The lowest BCUT2D eigenvalue weighted by Gasteiger charge is -2.11. The Morgan fingerprint density at radius 3 is 2.62 bits per heavy atom. The van der Waals surface area contributed by atoms with Crippen LogP contribution < -0.4 is 5.48 Å². The van der Waals surface area contributed by atoms with Gasteiger partial charge >= 0.3 is 0 Å². The number of nitrogens with one attached hydrogen (secondary N) is 1. The molecule has 13 heavy (non-hydrogen) atoms. The van der Waals surface area contributed by atoms with Gasteiger partial charge in [-0.15, -0.1) is 0 Å². The van der Waals surface area contributed by atoms with Crippen molar-refractivity contribution in [3.05, 3.63) is 27.2 Å². The van der Waals surface area contributed by atoms with E-state index in [0.29, 0.717) is 4.47 Å². The average molecular weight is 246 g/mol. The molecule has 0 saturated carbocycles. The minimum absolute atomic E-state index is 0.185. The van der Waals surface area contributed by atoms with Crippen LogP contribution in [0.1, 0.15) is 16.7 Å². The molecule has 1 rings (SSSR count). The molecule has 0 fully saturated rings. The van der Waals surface area contributed by atoms with Gasteiger partial charge in [0.25, 0.3) is 0 Å². The fourth-order valence-electron chi connectivity index (χ4n) is 1.22. The molecular formula is C9H12BrNO2. The molecular weight excluding hydrogens is 234 g/mol. The minimum atomic E-state index is 0.185. The van der Waals surface area contributed by atoms with Gasteiger partial charge in [0.1, 0.15) is 5.75 Å². The molecule has 0 heterocycles. The Kier molecular flexibility index (Phi) is 3.30. The largest absolute Gasteiger partial charge is 0.506 e. The number of phenols is 1. The van der Waals surface area contributed by atoms with E-state index in [1.807, 2.05) is 25.4 Å². The van der Waals surface area contributed by atoms with E-state index in [2.05, 4.69) is 15.9 Å². The van der Waals surface area contributed by atoms with Crippen molar-refractivity contribution in [3.63, 3.8) is 0 Å². The molecule has 0 bridgehead atoms. The average Bonchev–Trinajstić information content (AvgIpc) is 2.09. The van der Waals surface area contributed by atoms with Crippen LogP contribution in [0, 0.1) is 13.8 Å². The predicted molar refractivity (Wildman–Crippen MR) is 53.9 cm³/mol. The van der Waals surface area contributed by atoms with Crippen molar-refractivity contribution in [1.82, 2.24) is 5.48 Å². The second kappa shape index (κ2) is 4.09. The van der Waals surface area contributed by atoms with Crippen LogP contribution in [0.5, 0.6) is 5.75 Å². The third-order valence-electron chi connectivity index (χ3n) is 2.16. The lowest BCUT2D eigenvalue weighted by Crippen LogP contribution is -2.08. The lowest BCUT2D eigenvalue weighted by molar-refractivity contribution is 0.160. The first-order valence-electron chi connectivity index (χ1n) is 3.92. The van der Waals surface area contributed by atoms with Gasteiger partial charge in [-0.05, 0) is 47.0 Å². The zero-order valence-corrected chi connectivity index (χ0v) is 9.14. The Hall–Kier alpha value is -0.580. The van der Waals surface area contributed by atoms with Gasteiger partial charge in [-0.3, -0.25) is 0 Å². The Morgan fingerprint density at radius 2 is 2.08 bits per heavy atom. The van der Waals surface area contributed by atoms with Gasteiger partial charge in [0, 0.05) is 12.1 Å². The highest BCUT2D eigenvalue weighted by Crippen LogP contribution is 2.32. The fourth-order valence-corrected chi connectivity index (χ4v) is 1.80. The Morgan fingerprint density at radius 1 is 1.46 bits per heavy atom. The van der Waals surface area contributed by atoms with E-state index in [1.54, 1.807) is 0 Å². The van der Waals surface area contributed by atoms with Crippen LogP contribution in [0.15, 0.2) is 10.5 Å². The number of aromatic hydroxyl groups is 1. The van der Waals surface area contributed by atoms with E-state index >= 15 is 0 Å². The van der Waals surface area contributed by atoms with Crippen molar-refractivity contribution in [3.8, 4) is 5.75 Å². The fraction of sp³-hybridized carbons (Fsp3) is 0.333. The summed E-state index contributed by atoms with van der Waals surface area (Å²) in [7, 11) is 0. The van der Waals surface area contributed by atoms with Gasteiger partial charge in [0.05, 0.1) is 4.47 Å². The van der Waals surface area contributed by atoms with Crippen LogP contribution in [0.25, 0.3) is 0 Å². The maximum Gasteiger partial charge on any atom is 0.134 e. The van der Waals surface area contributed by atoms with Crippen molar-refractivity contribution in [1.29, 1.82) is 0 Å². The quantitative estimate of drug-likeness (QED) is 0.701. The highest BCUT2D eigenvalue weighted by Gasteiger charge is 2.10. The monoisotopic (exact) mass is 245 g/mol. The molecule has 0 atom stereocenters. The van der Waals surface area contributed by atoms with Crippen LogP contribution in [0.3, 0.4) is 0 Å². The van der Waals surface area contributed by atoms with E-state index in [1.165, 1.54) is 0 Å². The zero-order valence-electron chi connectivity index (χ0n) is 7.56. The molecule has 3 nitrogen and oxygen atoms in total. The second-order valence-corrected chi connectivity index (χ2v) is 3.82. The molecule has 0 unspecified atom stereocenters. The third-order valence-corrected chi connectivity index (χ3v) is 2.76. The standard InChI is InChI=1S/C9H12BrNO2/c1-5-3-8(10)9(12)7(4-11-13)6(5)2/h3,11-13H,4H2,1-2H3. The summed E-state index contributed by atoms with van der Waals surface area (Å²) < 4.78 is 0.654. The molecule has 4 heteroatoms. The summed E-state index contributed by atoms with van der Waals surface area (Å²) in [6, 6.07) is 1.85. The number of halogens is 1. The molecule has 0 aliphatic carbocycles. The smallest absolute Gasteiger partial charge is 0.134 e. The Balaban J connectivity index is 3.28. The SMILES string of the molecule is Cc1cc(Br)c(O)c(CNO)c1C. The van der Waals surface area contributed by atoms with Gasteiger partial charge in [0.2, 0.25) is 0 Å². The lowest BCUT2D eigenvalue weighted by atomic mass is 10.0. The maximum absolute atomic E-state index is 9.64. The molecule has 0 amide bonds. The van der Waals surface area contributed by atoms with Crippen LogP contribution in [-0.4, -0.2) is 10.3 Å². The Labute approximate surface area is 85.5 Å². The molecule has 0 aromatic heterocycles. The molecule has 0 aliphatic rings. The zero-order chi connectivity index (χ0) is 10.0. The van der Waals surface area contributed by atoms with E-state index < -0.39 is 0 Å². The molecule has 0 radical (unpaired) electrons. The van der Waals surface area contributed by atoms with Gasteiger partial charge in [-0.25, -0.2) is 5.48 Å². The van der Waals surface area contributed by atoms with Crippen molar-refractivity contribution in [2.45, 2.75) is 20.4 Å². The highest BCUT2D eigenvalue weighted by molar-refractivity contribution is 9.10. The maximum atomic E-state index is 9.64. The molecule has 0 saturated heterocycles. The normalized spacial score (nSPS) is 10.5. The molecule has 0 spiro atoms.